The SMILES string of the molecule is CCN[N+](=O)[C@@H]1N=C(C23CC(N(C)Cc4ccc(Cl)c(Cl)c4)(C2)C3)NC1(C)C. The van der Waals surface area contributed by atoms with Gasteiger partial charge in [0.1, 0.15) is 16.2 Å². The number of halogens is 2. The van der Waals surface area contributed by atoms with Crippen LogP contribution in [0.25, 0.3) is 0 Å². The Bertz CT molecular complexity index is 833. The Morgan fingerprint density at radius 1 is 1.29 bits per heavy atom. The third-order valence-corrected chi connectivity index (χ3v) is 7.33. The van der Waals surface area contributed by atoms with Gasteiger partial charge in [0.05, 0.1) is 21.5 Å². The number of benzene rings is 1. The van der Waals surface area contributed by atoms with Crippen molar-refractivity contribution in [1.29, 1.82) is 0 Å². The van der Waals surface area contributed by atoms with Crippen LogP contribution in [0, 0.1) is 10.3 Å². The Labute approximate surface area is 176 Å². The summed E-state index contributed by atoms with van der Waals surface area (Å²) in [6, 6.07) is 5.83. The second kappa shape index (κ2) is 6.57. The maximum Gasteiger partial charge on any atom is 0.348 e. The van der Waals surface area contributed by atoms with Crippen LogP contribution in [0.4, 0.5) is 0 Å². The molecule has 0 aromatic heterocycles. The molecule has 0 amide bonds. The van der Waals surface area contributed by atoms with Crippen LogP contribution in [-0.2, 0) is 6.54 Å². The number of nitrogens with one attached hydrogen (secondary N) is 2. The molecule has 6 nitrogen and oxygen atoms in total. The van der Waals surface area contributed by atoms with Crippen molar-refractivity contribution in [3.63, 3.8) is 0 Å². The zero-order chi connectivity index (χ0) is 20.3. The number of hydrogen-bond donors (Lipinski definition) is 2. The van der Waals surface area contributed by atoms with E-state index in [0.29, 0.717) is 16.6 Å². The maximum atomic E-state index is 12.3. The molecule has 0 unspecified atom stereocenters. The minimum atomic E-state index is -0.443. The van der Waals surface area contributed by atoms with Crippen LogP contribution in [0.5, 0.6) is 0 Å². The van der Waals surface area contributed by atoms with Crippen molar-refractivity contribution in [3.05, 3.63) is 38.7 Å². The van der Waals surface area contributed by atoms with E-state index in [2.05, 4.69) is 22.7 Å². The summed E-state index contributed by atoms with van der Waals surface area (Å²) < 4.78 is 0. The third kappa shape index (κ3) is 3.01. The van der Waals surface area contributed by atoms with Gasteiger partial charge in [0.25, 0.3) is 0 Å². The summed E-state index contributed by atoms with van der Waals surface area (Å²) in [6.45, 7) is 7.42. The molecule has 0 saturated heterocycles. The maximum absolute atomic E-state index is 12.3. The Balaban J connectivity index is 1.41. The van der Waals surface area contributed by atoms with Gasteiger partial charge >= 0.3 is 6.17 Å². The van der Waals surface area contributed by atoms with E-state index in [-0.39, 0.29) is 16.5 Å². The van der Waals surface area contributed by atoms with E-state index in [1.165, 1.54) is 5.56 Å². The molecule has 0 spiro atoms. The van der Waals surface area contributed by atoms with Crippen molar-refractivity contribution in [2.24, 2.45) is 10.4 Å². The molecule has 1 aromatic rings. The van der Waals surface area contributed by atoms with E-state index >= 15 is 0 Å². The summed E-state index contributed by atoms with van der Waals surface area (Å²) in [5, 5.41) is 4.72. The number of nitroso groups, excluding NO2 is 1. The van der Waals surface area contributed by atoms with E-state index in [1.807, 2.05) is 39.0 Å². The van der Waals surface area contributed by atoms with Gasteiger partial charge < -0.3 is 5.32 Å². The average Bonchev–Trinajstić information content (AvgIpc) is 2.84. The molecule has 152 valence electrons. The predicted octanol–water partition coefficient (Wildman–Crippen LogP) is 3.76. The molecule has 3 fully saturated rings. The highest BCUT2D eigenvalue weighted by atomic mass is 35.5. The monoisotopic (exact) mass is 424 g/mol. The molecule has 2 bridgehead atoms. The second-order valence-corrected chi connectivity index (χ2v) is 9.99. The van der Waals surface area contributed by atoms with Gasteiger partial charge in [-0.3, -0.25) is 4.90 Å². The van der Waals surface area contributed by atoms with E-state index in [1.54, 1.807) is 0 Å². The van der Waals surface area contributed by atoms with Crippen molar-refractivity contribution in [3.8, 4) is 0 Å². The first-order valence-electron chi connectivity index (χ1n) is 9.82. The number of hydrogen-bond acceptors (Lipinski definition) is 4. The Morgan fingerprint density at radius 3 is 2.57 bits per heavy atom. The van der Waals surface area contributed by atoms with Gasteiger partial charge in [-0.1, -0.05) is 29.3 Å². The lowest BCUT2D eigenvalue weighted by Gasteiger charge is -2.73. The average molecular weight is 425 g/mol. The zero-order valence-corrected chi connectivity index (χ0v) is 18.4. The molecule has 4 aliphatic rings. The fourth-order valence-corrected chi connectivity index (χ4v) is 5.33. The van der Waals surface area contributed by atoms with Crippen LogP contribution in [-0.4, -0.2) is 46.4 Å². The topological polar surface area (TPSA) is 59.7 Å². The first-order chi connectivity index (χ1) is 13.1. The van der Waals surface area contributed by atoms with Crippen molar-refractivity contribution in [2.45, 2.75) is 63.8 Å². The van der Waals surface area contributed by atoms with Gasteiger partial charge in [-0.25, -0.2) is 0 Å². The lowest BCUT2D eigenvalue weighted by atomic mass is 9.38. The van der Waals surface area contributed by atoms with E-state index in [4.69, 9.17) is 28.2 Å². The summed E-state index contributed by atoms with van der Waals surface area (Å²) in [4.78, 5) is 20.4. The number of nitrogens with zero attached hydrogens (tertiary/aromatic N) is 3. The van der Waals surface area contributed by atoms with Gasteiger partial charge in [-0.2, -0.15) is 10.4 Å². The normalized spacial score (nSPS) is 32.2. The van der Waals surface area contributed by atoms with Crippen LogP contribution in [0.15, 0.2) is 23.2 Å². The number of aliphatic imine (C=N–C) groups is 1. The van der Waals surface area contributed by atoms with Crippen LogP contribution in [0.3, 0.4) is 0 Å². The summed E-state index contributed by atoms with van der Waals surface area (Å²) in [6.07, 6.45) is 2.78. The standard InChI is InChI=1S/C20H28Cl2N5O/c1-5-23-27(28)17-18(2,3)25-16(24-17)19-10-20(11-19,12-19)26(4)9-13-6-7-14(21)15(22)8-13/h6-8,17H,5,9-12H2,1-4H3,(H,23,28)(H,24,25)/q+1/t17-,19?,20?/m0/s1. The lowest BCUT2D eigenvalue weighted by Crippen LogP contribution is -2.77. The van der Waals surface area contributed by atoms with Gasteiger partial charge in [0.15, 0.2) is 0 Å². The Morgan fingerprint density at radius 2 is 1.96 bits per heavy atom. The second-order valence-electron chi connectivity index (χ2n) is 9.18. The molecule has 8 heteroatoms. The molecule has 5 rings (SSSR count). The van der Waals surface area contributed by atoms with Gasteiger partial charge in [-0.15, -0.1) is 0 Å². The number of rotatable bonds is 7. The molecule has 3 saturated carbocycles. The van der Waals surface area contributed by atoms with Crippen molar-refractivity contribution in [1.82, 2.24) is 15.6 Å². The van der Waals surface area contributed by atoms with Crippen LogP contribution in [0.2, 0.25) is 10.0 Å². The molecule has 2 N–H and O–H groups in total. The van der Waals surface area contributed by atoms with E-state index in [9.17, 15) is 4.91 Å². The van der Waals surface area contributed by atoms with Crippen LogP contribution < -0.4 is 10.7 Å². The molecule has 3 aliphatic carbocycles. The molecular formula is C20H28Cl2N5O+. The Hall–Kier alpha value is -1.37. The van der Waals surface area contributed by atoms with Crippen molar-refractivity contribution >= 4 is 29.0 Å². The first kappa shape index (κ1) is 19.9. The molecule has 28 heavy (non-hydrogen) atoms. The highest BCUT2D eigenvalue weighted by molar-refractivity contribution is 6.42. The Kier molecular flexibility index (Phi) is 4.68. The molecule has 1 aliphatic heterocycles. The van der Waals surface area contributed by atoms with Gasteiger partial charge in [0, 0.05) is 17.5 Å². The van der Waals surface area contributed by atoms with E-state index in [0.717, 1.165) is 36.5 Å². The van der Waals surface area contributed by atoms with Crippen molar-refractivity contribution in [2.75, 3.05) is 13.6 Å². The number of hydrazine groups is 1. The molecule has 0 radical (unpaired) electrons. The highest BCUT2D eigenvalue weighted by Crippen LogP contribution is 2.70. The molecular weight excluding hydrogens is 397 g/mol. The number of amidine groups is 1. The van der Waals surface area contributed by atoms with Gasteiger partial charge in [-0.05, 0) is 64.8 Å². The fourth-order valence-electron chi connectivity index (χ4n) is 5.01. The fraction of sp³-hybridized carbons (Fsp3) is 0.650. The van der Waals surface area contributed by atoms with Gasteiger partial charge in [0.2, 0.25) is 0 Å². The zero-order valence-electron chi connectivity index (χ0n) is 16.9. The quantitative estimate of drug-likeness (QED) is 0.516. The van der Waals surface area contributed by atoms with E-state index < -0.39 is 6.17 Å². The van der Waals surface area contributed by atoms with Crippen molar-refractivity contribution < 1.29 is 4.87 Å². The summed E-state index contributed by atoms with van der Waals surface area (Å²) in [7, 11) is 2.17. The van der Waals surface area contributed by atoms with Crippen LogP contribution >= 0.6 is 23.2 Å². The molecule has 1 atom stereocenters. The smallest absolute Gasteiger partial charge is 0.348 e. The lowest BCUT2D eigenvalue weighted by molar-refractivity contribution is -0.645. The summed E-state index contributed by atoms with van der Waals surface area (Å²) in [5.41, 5.74) is 3.94. The third-order valence-electron chi connectivity index (χ3n) is 6.59. The summed E-state index contributed by atoms with van der Waals surface area (Å²) in [5.74, 6) is 1.01. The van der Waals surface area contributed by atoms with Crippen LogP contribution in [0.1, 0.15) is 45.6 Å². The predicted molar refractivity (Wildman–Crippen MR) is 113 cm³/mol. The minimum absolute atomic E-state index is 0.102. The molecule has 1 heterocycles. The largest absolute Gasteiger partial charge is 0.360 e. The first-order valence-corrected chi connectivity index (χ1v) is 10.6. The molecule has 1 aromatic carbocycles. The minimum Gasteiger partial charge on any atom is -0.360 e. The highest BCUT2D eigenvalue weighted by Gasteiger charge is 2.73. The summed E-state index contributed by atoms with van der Waals surface area (Å²) >= 11 is 12.2.